The number of ether oxygens (including phenoxy) is 1. The van der Waals surface area contributed by atoms with Gasteiger partial charge >= 0.3 is 5.97 Å². The number of esters is 1. The number of nitrogens with one attached hydrogen (secondary N) is 1. The quantitative estimate of drug-likeness (QED) is 0.675. The summed E-state index contributed by atoms with van der Waals surface area (Å²) in [5.74, 6) is -1.24. The summed E-state index contributed by atoms with van der Waals surface area (Å²) in [4.78, 5) is 25.0. The summed E-state index contributed by atoms with van der Waals surface area (Å²) >= 11 is 5.95. The molecule has 0 bridgehead atoms. The van der Waals surface area contributed by atoms with Gasteiger partial charge in [-0.3, -0.25) is 10.2 Å². The van der Waals surface area contributed by atoms with E-state index in [9.17, 15) is 9.59 Å². The van der Waals surface area contributed by atoms with Crippen LogP contribution in [0.3, 0.4) is 0 Å². The molecule has 0 unspecified atom stereocenters. The first-order valence-electron chi connectivity index (χ1n) is 7.79. The molecule has 0 aromatic heterocycles. The first-order valence-corrected chi connectivity index (χ1v) is 8.17. The number of hydrazone groups is 1. The number of carbonyl (C=O) groups excluding carboxylic acids is 2. The molecule has 0 saturated heterocycles. The number of benzene rings is 2. The van der Waals surface area contributed by atoms with Gasteiger partial charge in [-0.05, 0) is 24.6 Å². The molecule has 0 fully saturated rings. The van der Waals surface area contributed by atoms with Crippen molar-refractivity contribution in [1.82, 2.24) is 5.43 Å². The second kappa shape index (κ2) is 7.07. The molecule has 1 N–H and O–H groups in total. The summed E-state index contributed by atoms with van der Waals surface area (Å²) in [5, 5.41) is 4.72. The van der Waals surface area contributed by atoms with E-state index in [1.165, 1.54) is 7.11 Å². The van der Waals surface area contributed by atoms with Gasteiger partial charge in [0.2, 0.25) is 5.78 Å². The molecule has 2 aromatic rings. The van der Waals surface area contributed by atoms with Gasteiger partial charge in [-0.2, -0.15) is 5.10 Å². The number of carbonyl (C=O) groups is 2. The van der Waals surface area contributed by atoms with Crippen molar-refractivity contribution in [2.75, 3.05) is 7.11 Å². The fourth-order valence-electron chi connectivity index (χ4n) is 2.82. The largest absolute Gasteiger partial charge is 0.467 e. The predicted octanol–water partition coefficient (Wildman–Crippen LogP) is 3.12. The van der Waals surface area contributed by atoms with Gasteiger partial charge in [-0.15, -0.1) is 0 Å². The summed E-state index contributed by atoms with van der Waals surface area (Å²) in [6.45, 7) is 1.95. The maximum absolute atomic E-state index is 12.9. The Bertz CT molecular complexity index is 829. The van der Waals surface area contributed by atoms with Crippen molar-refractivity contribution in [2.24, 2.45) is 5.10 Å². The molecule has 0 aliphatic carbocycles. The number of halogens is 1. The number of ketones is 1. The average Bonchev–Trinajstić information content (AvgIpc) is 3.06. The summed E-state index contributed by atoms with van der Waals surface area (Å²) < 4.78 is 4.85. The van der Waals surface area contributed by atoms with Crippen LogP contribution in [0.4, 0.5) is 0 Å². The molecule has 0 amide bonds. The standard InChI is InChI=1S/C19H17ClN2O3/c1-11-3-5-13(6-4-11)18(23)16-15(12-7-9-14(20)10-8-12)17(22-21-16)19(24)25-2/h3-10,15,17,22H,1-2H3/t15-,17-/m1/s1. The molecule has 25 heavy (non-hydrogen) atoms. The van der Waals surface area contributed by atoms with Gasteiger partial charge in [-0.1, -0.05) is 53.6 Å². The van der Waals surface area contributed by atoms with Crippen LogP contribution >= 0.6 is 11.6 Å². The van der Waals surface area contributed by atoms with Crippen molar-refractivity contribution >= 4 is 29.1 Å². The Kier molecular flexibility index (Phi) is 4.86. The summed E-state index contributed by atoms with van der Waals surface area (Å²) in [6, 6.07) is 13.5. The lowest BCUT2D eigenvalue weighted by molar-refractivity contribution is -0.143. The van der Waals surface area contributed by atoms with Gasteiger partial charge < -0.3 is 4.74 Å². The third-order valence-corrected chi connectivity index (χ3v) is 4.43. The smallest absolute Gasteiger partial charge is 0.330 e. The van der Waals surface area contributed by atoms with Crippen LogP contribution in [-0.2, 0) is 9.53 Å². The van der Waals surface area contributed by atoms with Crippen LogP contribution < -0.4 is 5.43 Å². The fraction of sp³-hybridized carbons (Fsp3) is 0.211. The maximum atomic E-state index is 12.9. The molecule has 1 aliphatic heterocycles. The zero-order valence-electron chi connectivity index (χ0n) is 13.8. The van der Waals surface area contributed by atoms with Gasteiger partial charge in [0.05, 0.1) is 13.0 Å². The van der Waals surface area contributed by atoms with Crippen molar-refractivity contribution in [3.05, 3.63) is 70.2 Å². The predicted molar refractivity (Wildman–Crippen MR) is 96.1 cm³/mol. The minimum absolute atomic E-state index is 0.223. The third-order valence-electron chi connectivity index (χ3n) is 4.18. The second-order valence-corrected chi connectivity index (χ2v) is 6.29. The minimum Gasteiger partial charge on any atom is -0.467 e. The van der Waals surface area contributed by atoms with Crippen LogP contribution in [-0.4, -0.2) is 30.6 Å². The maximum Gasteiger partial charge on any atom is 0.330 e. The lowest BCUT2D eigenvalue weighted by Crippen LogP contribution is -2.38. The lowest BCUT2D eigenvalue weighted by Gasteiger charge is -2.19. The van der Waals surface area contributed by atoms with E-state index in [-0.39, 0.29) is 11.5 Å². The SMILES string of the molecule is COC(=O)[C@@H]1NN=C(C(=O)c2ccc(C)cc2)[C@H]1c1ccc(Cl)cc1. The molecular formula is C19H17ClN2O3. The Morgan fingerprint density at radius 3 is 2.32 bits per heavy atom. The number of methoxy groups -OCH3 is 1. The van der Waals surface area contributed by atoms with Crippen LogP contribution in [0, 0.1) is 6.92 Å². The highest BCUT2D eigenvalue weighted by Crippen LogP contribution is 2.29. The van der Waals surface area contributed by atoms with Gasteiger partial charge in [0.25, 0.3) is 0 Å². The highest BCUT2D eigenvalue weighted by atomic mass is 35.5. The first-order chi connectivity index (χ1) is 12.0. The molecule has 0 saturated carbocycles. The van der Waals surface area contributed by atoms with Gasteiger partial charge in [0, 0.05) is 10.6 Å². The van der Waals surface area contributed by atoms with Crippen LogP contribution in [0.1, 0.15) is 27.4 Å². The van der Waals surface area contributed by atoms with Crippen LogP contribution in [0.15, 0.2) is 53.6 Å². The lowest BCUT2D eigenvalue weighted by atomic mass is 9.85. The summed E-state index contributed by atoms with van der Waals surface area (Å²) in [7, 11) is 1.31. The van der Waals surface area contributed by atoms with Crippen molar-refractivity contribution in [3.8, 4) is 0 Å². The zero-order valence-corrected chi connectivity index (χ0v) is 14.6. The van der Waals surface area contributed by atoms with Gasteiger partial charge in [0.15, 0.2) is 6.04 Å². The Balaban J connectivity index is 1.99. The van der Waals surface area contributed by atoms with E-state index in [1.807, 2.05) is 19.1 Å². The molecule has 6 heteroatoms. The van der Waals surface area contributed by atoms with Gasteiger partial charge in [0.1, 0.15) is 5.71 Å². The average molecular weight is 357 g/mol. The molecule has 3 rings (SSSR count). The number of hydrogen-bond donors (Lipinski definition) is 1. The molecule has 0 radical (unpaired) electrons. The normalized spacial score (nSPS) is 19.1. The third kappa shape index (κ3) is 3.42. The van der Waals surface area contributed by atoms with Crippen molar-refractivity contribution in [3.63, 3.8) is 0 Å². The number of aryl methyl sites for hydroxylation is 1. The Morgan fingerprint density at radius 1 is 1.08 bits per heavy atom. The van der Waals surface area contributed by atoms with E-state index in [1.54, 1.807) is 36.4 Å². The number of Topliss-reactive ketones (excluding diaryl/α,β-unsaturated/α-hetero) is 1. The highest BCUT2D eigenvalue weighted by molar-refractivity contribution is 6.48. The van der Waals surface area contributed by atoms with E-state index in [0.29, 0.717) is 10.6 Å². The monoisotopic (exact) mass is 356 g/mol. The Labute approximate surface area is 150 Å². The Morgan fingerprint density at radius 2 is 1.72 bits per heavy atom. The fourth-order valence-corrected chi connectivity index (χ4v) is 2.95. The summed E-state index contributed by atoms with van der Waals surface area (Å²) in [6.07, 6.45) is 0. The number of hydrogen-bond acceptors (Lipinski definition) is 5. The van der Waals surface area contributed by atoms with E-state index < -0.39 is 17.9 Å². The highest BCUT2D eigenvalue weighted by Gasteiger charge is 2.41. The van der Waals surface area contributed by atoms with E-state index in [2.05, 4.69) is 10.5 Å². The minimum atomic E-state index is -0.754. The van der Waals surface area contributed by atoms with E-state index >= 15 is 0 Å². The first kappa shape index (κ1) is 17.2. The van der Waals surface area contributed by atoms with Gasteiger partial charge in [-0.25, -0.2) is 4.79 Å². The molecule has 2 aromatic carbocycles. The molecule has 5 nitrogen and oxygen atoms in total. The van der Waals surface area contributed by atoms with Crippen molar-refractivity contribution in [2.45, 2.75) is 18.9 Å². The molecule has 0 spiro atoms. The van der Waals surface area contributed by atoms with E-state index in [0.717, 1.165) is 11.1 Å². The van der Waals surface area contributed by atoms with Crippen LogP contribution in [0.5, 0.6) is 0 Å². The molecule has 128 valence electrons. The zero-order chi connectivity index (χ0) is 18.0. The topological polar surface area (TPSA) is 67.8 Å². The molecule has 1 heterocycles. The summed E-state index contributed by atoms with van der Waals surface area (Å²) in [5.41, 5.74) is 5.37. The molecule has 2 atom stereocenters. The second-order valence-electron chi connectivity index (χ2n) is 5.85. The molecule has 1 aliphatic rings. The van der Waals surface area contributed by atoms with E-state index in [4.69, 9.17) is 16.3 Å². The number of rotatable bonds is 4. The number of nitrogens with zero attached hydrogens (tertiary/aromatic N) is 1. The van der Waals surface area contributed by atoms with Crippen LogP contribution in [0.25, 0.3) is 0 Å². The Hall–Kier alpha value is -2.66. The van der Waals surface area contributed by atoms with Crippen molar-refractivity contribution < 1.29 is 14.3 Å². The molecular weight excluding hydrogens is 340 g/mol. The van der Waals surface area contributed by atoms with Crippen LogP contribution in [0.2, 0.25) is 5.02 Å². The van der Waals surface area contributed by atoms with Crippen molar-refractivity contribution in [1.29, 1.82) is 0 Å².